The third-order valence-electron chi connectivity index (χ3n) is 4.13. The molecule has 0 saturated carbocycles. The van der Waals surface area contributed by atoms with Gasteiger partial charge >= 0.3 is 0 Å². The van der Waals surface area contributed by atoms with E-state index in [-0.39, 0.29) is 11.2 Å². The first-order chi connectivity index (χ1) is 11.2. The number of aryl methyl sites for hydroxylation is 1. The summed E-state index contributed by atoms with van der Waals surface area (Å²) in [4.78, 5) is 13.3. The first-order valence-electron chi connectivity index (χ1n) is 7.59. The van der Waals surface area contributed by atoms with Crippen molar-refractivity contribution in [2.45, 2.75) is 39.3 Å². The highest BCUT2D eigenvalue weighted by Gasteiger charge is 2.30. The molecule has 0 spiro atoms. The van der Waals surface area contributed by atoms with Crippen molar-refractivity contribution >= 4 is 34.4 Å². The summed E-state index contributed by atoms with van der Waals surface area (Å²) >= 11 is 12.6. The van der Waals surface area contributed by atoms with E-state index in [9.17, 15) is 5.11 Å². The van der Waals surface area contributed by atoms with Crippen molar-refractivity contribution in [2.24, 2.45) is 0 Å². The largest absolute Gasteiger partial charge is 0.388 e. The molecule has 0 bridgehead atoms. The number of nitrogens with zero attached hydrogens (tertiary/aromatic N) is 4. The molecule has 1 aromatic carbocycles. The predicted octanol–water partition coefficient (Wildman–Crippen LogP) is 4.44. The number of imidazole rings is 1. The van der Waals surface area contributed by atoms with Gasteiger partial charge in [-0.1, -0.05) is 35.3 Å². The zero-order chi connectivity index (χ0) is 17.6. The lowest BCUT2D eigenvalue weighted by molar-refractivity contribution is 0.0324. The van der Waals surface area contributed by atoms with Gasteiger partial charge in [0, 0.05) is 5.56 Å². The number of hydrogen-bond donors (Lipinski definition) is 1. The Balaban J connectivity index is 2.41. The van der Waals surface area contributed by atoms with E-state index in [1.165, 1.54) is 0 Å². The normalized spacial score (nSPS) is 13.5. The predicted molar refractivity (Wildman–Crippen MR) is 96.5 cm³/mol. The van der Waals surface area contributed by atoms with Gasteiger partial charge in [0.25, 0.3) is 0 Å². The van der Waals surface area contributed by atoms with Gasteiger partial charge in [0.05, 0.1) is 16.7 Å². The fraction of sp³-hybridized carbons (Fsp3) is 0.353. The number of halogens is 2. The summed E-state index contributed by atoms with van der Waals surface area (Å²) in [7, 11) is 0. The molecule has 3 rings (SSSR count). The Hall–Kier alpha value is -1.69. The molecule has 7 heteroatoms. The van der Waals surface area contributed by atoms with E-state index in [0.717, 1.165) is 5.56 Å². The molecule has 1 N–H and O–H groups in total. The lowest BCUT2D eigenvalue weighted by atomic mass is 10.00. The minimum Gasteiger partial charge on any atom is -0.388 e. The Morgan fingerprint density at radius 3 is 2.42 bits per heavy atom. The van der Waals surface area contributed by atoms with Gasteiger partial charge in [-0.25, -0.2) is 15.0 Å². The van der Waals surface area contributed by atoms with Crippen LogP contribution in [0.3, 0.4) is 0 Å². The monoisotopic (exact) mass is 364 g/mol. The zero-order valence-electron chi connectivity index (χ0n) is 13.9. The van der Waals surface area contributed by atoms with Crippen molar-refractivity contribution in [1.82, 2.24) is 19.5 Å². The van der Waals surface area contributed by atoms with E-state index in [4.69, 9.17) is 23.2 Å². The highest BCUT2D eigenvalue weighted by molar-refractivity contribution is 6.34. The number of rotatable bonds is 3. The van der Waals surface area contributed by atoms with Gasteiger partial charge in [0.1, 0.15) is 17.2 Å². The fourth-order valence-electron chi connectivity index (χ4n) is 2.56. The quantitative estimate of drug-likeness (QED) is 0.697. The Kier molecular flexibility index (Phi) is 4.28. The molecule has 0 radical (unpaired) electrons. The molecule has 126 valence electrons. The molecular formula is C17H18Cl2N4O. The number of fused-ring (bicyclic) bond motifs is 1. The van der Waals surface area contributed by atoms with Gasteiger partial charge in [-0.3, -0.25) is 0 Å². The minimum absolute atomic E-state index is 0.285. The van der Waals surface area contributed by atoms with Crippen molar-refractivity contribution in [3.8, 4) is 11.4 Å². The first kappa shape index (κ1) is 17.1. The molecule has 2 aromatic heterocycles. The zero-order valence-corrected chi connectivity index (χ0v) is 15.4. The van der Waals surface area contributed by atoms with Crippen LogP contribution in [-0.4, -0.2) is 30.2 Å². The Morgan fingerprint density at radius 1 is 1.12 bits per heavy atom. The summed E-state index contributed by atoms with van der Waals surface area (Å²) in [6, 6.07) is 7.12. The summed E-state index contributed by atoms with van der Waals surface area (Å²) in [5.41, 5.74) is 0.835. The number of hydrogen-bond acceptors (Lipinski definition) is 4. The molecule has 1 atom stereocenters. The van der Waals surface area contributed by atoms with Crippen LogP contribution in [0.15, 0.2) is 24.3 Å². The van der Waals surface area contributed by atoms with E-state index in [0.29, 0.717) is 27.8 Å². The molecule has 3 aromatic rings. The second-order valence-electron chi connectivity index (χ2n) is 6.35. The first-order valence-corrected chi connectivity index (χ1v) is 8.35. The lowest BCUT2D eigenvalue weighted by Crippen LogP contribution is -2.31. The second-order valence-corrected chi connectivity index (χ2v) is 7.11. The Bertz CT molecular complexity index is 915. The Labute approximate surface area is 150 Å². The molecule has 0 amide bonds. The van der Waals surface area contributed by atoms with Gasteiger partial charge in [-0.05, 0) is 39.8 Å². The van der Waals surface area contributed by atoms with Crippen molar-refractivity contribution < 1.29 is 5.11 Å². The average Bonchev–Trinajstić information content (AvgIpc) is 2.85. The SMILES string of the molecule is Cc1nc(Cl)c2nc(-c3ccccc3Cl)n(C(C)C(C)(C)O)c2n1. The van der Waals surface area contributed by atoms with Crippen LogP contribution in [0.2, 0.25) is 10.2 Å². The molecular weight excluding hydrogens is 347 g/mol. The van der Waals surface area contributed by atoms with E-state index < -0.39 is 5.60 Å². The summed E-state index contributed by atoms with van der Waals surface area (Å²) < 4.78 is 1.87. The molecule has 0 aliphatic heterocycles. The van der Waals surface area contributed by atoms with Crippen molar-refractivity contribution in [3.05, 3.63) is 40.3 Å². The fourth-order valence-corrected chi connectivity index (χ4v) is 3.03. The smallest absolute Gasteiger partial charge is 0.165 e. The summed E-state index contributed by atoms with van der Waals surface area (Å²) in [6.45, 7) is 7.17. The van der Waals surface area contributed by atoms with E-state index in [1.807, 2.05) is 29.7 Å². The maximum atomic E-state index is 10.5. The second kappa shape index (κ2) is 5.99. The van der Waals surface area contributed by atoms with Crippen molar-refractivity contribution in [2.75, 3.05) is 0 Å². The highest BCUT2D eigenvalue weighted by atomic mass is 35.5. The van der Waals surface area contributed by atoms with Crippen molar-refractivity contribution in [1.29, 1.82) is 0 Å². The van der Waals surface area contributed by atoms with Gasteiger partial charge < -0.3 is 9.67 Å². The molecule has 24 heavy (non-hydrogen) atoms. The maximum absolute atomic E-state index is 10.5. The maximum Gasteiger partial charge on any atom is 0.165 e. The topological polar surface area (TPSA) is 63.8 Å². The van der Waals surface area contributed by atoms with Crippen LogP contribution in [0.5, 0.6) is 0 Å². The van der Waals surface area contributed by atoms with Gasteiger partial charge in [-0.15, -0.1) is 0 Å². The summed E-state index contributed by atoms with van der Waals surface area (Å²) in [5.74, 6) is 1.15. The van der Waals surface area contributed by atoms with Crippen LogP contribution < -0.4 is 0 Å². The standard InChI is InChI=1S/C17H18Cl2N4O/c1-9(17(3,4)24)23-15(11-7-5-6-8-12(11)18)22-13-14(19)20-10(2)21-16(13)23/h5-9,24H,1-4H3. The van der Waals surface area contributed by atoms with Crippen LogP contribution in [0.25, 0.3) is 22.6 Å². The van der Waals surface area contributed by atoms with Gasteiger partial charge in [-0.2, -0.15) is 0 Å². The number of benzene rings is 1. The summed E-state index contributed by atoms with van der Waals surface area (Å²) in [5, 5.41) is 11.4. The van der Waals surface area contributed by atoms with Crippen LogP contribution in [-0.2, 0) is 0 Å². The summed E-state index contributed by atoms with van der Waals surface area (Å²) in [6.07, 6.45) is 0. The molecule has 0 saturated heterocycles. The number of aromatic nitrogens is 4. The molecule has 0 fully saturated rings. The van der Waals surface area contributed by atoms with E-state index in [1.54, 1.807) is 26.8 Å². The van der Waals surface area contributed by atoms with E-state index in [2.05, 4.69) is 15.0 Å². The van der Waals surface area contributed by atoms with Crippen LogP contribution in [0, 0.1) is 6.92 Å². The third kappa shape index (κ3) is 2.88. The average molecular weight is 365 g/mol. The van der Waals surface area contributed by atoms with Gasteiger partial charge in [0.15, 0.2) is 10.8 Å². The molecule has 0 aliphatic rings. The molecule has 5 nitrogen and oxygen atoms in total. The highest BCUT2D eigenvalue weighted by Crippen LogP contribution is 2.36. The van der Waals surface area contributed by atoms with Crippen molar-refractivity contribution in [3.63, 3.8) is 0 Å². The lowest BCUT2D eigenvalue weighted by Gasteiger charge is -2.28. The Morgan fingerprint density at radius 2 is 1.79 bits per heavy atom. The van der Waals surface area contributed by atoms with Crippen LogP contribution in [0.4, 0.5) is 0 Å². The van der Waals surface area contributed by atoms with E-state index >= 15 is 0 Å². The molecule has 0 aliphatic carbocycles. The number of aliphatic hydroxyl groups is 1. The van der Waals surface area contributed by atoms with Crippen LogP contribution in [0.1, 0.15) is 32.6 Å². The molecule has 2 heterocycles. The minimum atomic E-state index is -0.991. The molecule has 1 unspecified atom stereocenters. The van der Waals surface area contributed by atoms with Gasteiger partial charge in [0.2, 0.25) is 0 Å². The van der Waals surface area contributed by atoms with Crippen LogP contribution >= 0.6 is 23.2 Å². The third-order valence-corrected chi connectivity index (χ3v) is 4.73.